The molecule has 3 rings (SSSR count). The van der Waals surface area contributed by atoms with Crippen LogP contribution < -0.4 is 11.1 Å². The number of nitrogens with one attached hydrogen (secondary N) is 1. The molecule has 0 radical (unpaired) electrons. The van der Waals surface area contributed by atoms with Crippen LogP contribution in [0.4, 0.5) is 5.69 Å². The largest absolute Gasteiger partial charge is 0.459 e. The van der Waals surface area contributed by atoms with Gasteiger partial charge in [-0.05, 0) is 25.2 Å². The van der Waals surface area contributed by atoms with E-state index in [1.165, 1.54) is 0 Å². The van der Waals surface area contributed by atoms with Gasteiger partial charge >= 0.3 is 0 Å². The first-order valence-electron chi connectivity index (χ1n) is 6.14. The molecule has 2 heterocycles. The van der Waals surface area contributed by atoms with Crippen LogP contribution in [0.2, 0.25) is 0 Å². The summed E-state index contributed by atoms with van der Waals surface area (Å²) in [7, 11) is 1.88. The van der Waals surface area contributed by atoms with E-state index >= 15 is 0 Å². The van der Waals surface area contributed by atoms with Gasteiger partial charge in [0.25, 0.3) is 0 Å². The SMILES string of the molecule is CNC(c1cc2ccccc2o1)c1cnccc1N. The Balaban J connectivity index is 2.09. The number of anilines is 1. The van der Waals surface area contributed by atoms with Crippen molar-refractivity contribution in [2.45, 2.75) is 6.04 Å². The lowest BCUT2D eigenvalue weighted by Crippen LogP contribution is -2.18. The second kappa shape index (κ2) is 4.74. The maximum Gasteiger partial charge on any atom is 0.134 e. The first kappa shape index (κ1) is 11.7. The van der Waals surface area contributed by atoms with E-state index < -0.39 is 0 Å². The van der Waals surface area contributed by atoms with E-state index in [9.17, 15) is 0 Å². The average Bonchev–Trinajstić information content (AvgIpc) is 2.85. The summed E-state index contributed by atoms with van der Waals surface area (Å²) in [4.78, 5) is 4.13. The van der Waals surface area contributed by atoms with Gasteiger partial charge < -0.3 is 15.5 Å². The van der Waals surface area contributed by atoms with Gasteiger partial charge in [0, 0.05) is 29.0 Å². The summed E-state index contributed by atoms with van der Waals surface area (Å²) in [6.07, 6.45) is 3.45. The highest BCUT2D eigenvalue weighted by Crippen LogP contribution is 2.30. The minimum absolute atomic E-state index is 0.0962. The topological polar surface area (TPSA) is 64.1 Å². The number of para-hydroxylation sites is 1. The summed E-state index contributed by atoms with van der Waals surface area (Å²) in [5, 5.41) is 4.31. The molecule has 4 heteroatoms. The van der Waals surface area contributed by atoms with Crippen molar-refractivity contribution in [2.75, 3.05) is 12.8 Å². The molecule has 1 unspecified atom stereocenters. The third-order valence-corrected chi connectivity index (χ3v) is 3.22. The zero-order valence-electron chi connectivity index (χ0n) is 10.6. The molecule has 0 aliphatic carbocycles. The van der Waals surface area contributed by atoms with Gasteiger partial charge in [-0.3, -0.25) is 4.98 Å². The smallest absolute Gasteiger partial charge is 0.134 e. The summed E-state index contributed by atoms with van der Waals surface area (Å²) in [5.41, 5.74) is 8.51. The Kier molecular flexibility index (Phi) is 2.93. The van der Waals surface area contributed by atoms with Gasteiger partial charge in [-0.25, -0.2) is 0 Å². The van der Waals surface area contributed by atoms with Crippen LogP contribution in [-0.2, 0) is 0 Å². The predicted octanol–water partition coefficient (Wildman–Crippen LogP) is 2.72. The third-order valence-electron chi connectivity index (χ3n) is 3.22. The average molecular weight is 253 g/mol. The standard InChI is InChI=1S/C15H15N3O/c1-17-15(11-9-18-7-6-12(11)16)14-8-10-4-2-3-5-13(10)19-14/h2-9,15,17H,1H3,(H2,16,18). The second-order valence-electron chi connectivity index (χ2n) is 4.41. The van der Waals surface area contributed by atoms with Crippen molar-refractivity contribution in [1.82, 2.24) is 10.3 Å². The molecule has 1 atom stereocenters. The number of nitrogens with zero attached hydrogens (tertiary/aromatic N) is 1. The predicted molar refractivity (Wildman–Crippen MR) is 75.8 cm³/mol. The minimum atomic E-state index is -0.0962. The van der Waals surface area contributed by atoms with E-state index in [4.69, 9.17) is 10.2 Å². The number of nitrogen functional groups attached to an aromatic ring is 1. The van der Waals surface area contributed by atoms with Crippen LogP contribution >= 0.6 is 0 Å². The van der Waals surface area contributed by atoms with Crippen LogP contribution in [0.5, 0.6) is 0 Å². The number of hydrogen-bond donors (Lipinski definition) is 2. The Hall–Kier alpha value is -2.33. The van der Waals surface area contributed by atoms with E-state index in [1.54, 1.807) is 18.5 Å². The fraction of sp³-hybridized carbons (Fsp3) is 0.133. The Morgan fingerprint density at radius 2 is 2.11 bits per heavy atom. The van der Waals surface area contributed by atoms with E-state index in [1.807, 2.05) is 37.4 Å². The minimum Gasteiger partial charge on any atom is -0.459 e. The highest BCUT2D eigenvalue weighted by atomic mass is 16.3. The van der Waals surface area contributed by atoms with Gasteiger partial charge in [0.2, 0.25) is 0 Å². The van der Waals surface area contributed by atoms with Crippen LogP contribution in [0.3, 0.4) is 0 Å². The summed E-state index contributed by atoms with van der Waals surface area (Å²) in [6.45, 7) is 0. The molecule has 0 fully saturated rings. The van der Waals surface area contributed by atoms with Gasteiger partial charge in [-0.1, -0.05) is 18.2 Å². The lowest BCUT2D eigenvalue weighted by molar-refractivity contribution is 0.491. The monoisotopic (exact) mass is 253 g/mol. The summed E-state index contributed by atoms with van der Waals surface area (Å²) in [6, 6.07) is 11.7. The van der Waals surface area contributed by atoms with Gasteiger partial charge in [0.1, 0.15) is 11.3 Å². The fourth-order valence-electron chi connectivity index (χ4n) is 2.25. The lowest BCUT2D eigenvalue weighted by atomic mass is 10.0. The quantitative estimate of drug-likeness (QED) is 0.753. The van der Waals surface area contributed by atoms with Crippen LogP contribution in [0.1, 0.15) is 17.4 Å². The van der Waals surface area contributed by atoms with Crippen molar-refractivity contribution in [3.05, 3.63) is 60.1 Å². The normalized spacial score (nSPS) is 12.7. The Labute approximate surface area is 111 Å². The molecule has 0 saturated heterocycles. The molecule has 4 nitrogen and oxygen atoms in total. The van der Waals surface area contributed by atoms with Gasteiger partial charge in [-0.15, -0.1) is 0 Å². The number of benzene rings is 1. The first-order chi connectivity index (χ1) is 9.29. The molecule has 0 bridgehead atoms. The van der Waals surface area contributed by atoms with Crippen LogP contribution in [0, 0.1) is 0 Å². The van der Waals surface area contributed by atoms with E-state index in [2.05, 4.69) is 10.3 Å². The second-order valence-corrected chi connectivity index (χ2v) is 4.41. The highest BCUT2D eigenvalue weighted by molar-refractivity contribution is 5.78. The molecule has 0 saturated carbocycles. The molecule has 3 aromatic rings. The third kappa shape index (κ3) is 2.06. The maximum absolute atomic E-state index is 6.01. The van der Waals surface area contributed by atoms with Gasteiger partial charge in [0.15, 0.2) is 0 Å². The zero-order valence-corrected chi connectivity index (χ0v) is 10.6. The Morgan fingerprint density at radius 1 is 1.26 bits per heavy atom. The zero-order chi connectivity index (χ0) is 13.2. The van der Waals surface area contributed by atoms with Crippen molar-refractivity contribution in [2.24, 2.45) is 0 Å². The molecule has 0 spiro atoms. The van der Waals surface area contributed by atoms with Gasteiger partial charge in [-0.2, -0.15) is 0 Å². The number of rotatable bonds is 3. The maximum atomic E-state index is 6.01. The number of fused-ring (bicyclic) bond motifs is 1. The summed E-state index contributed by atoms with van der Waals surface area (Å²) >= 11 is 0. The Morgan fingerprint density at radius 3 is 2.84 bits per heavy atom. The van der Waals surface area contributed by atoms with Crippen molar-refractivity contribution < 1.29 is 4.42 Å². The lowest BCUT2D eigenvalue weighted by Gasteiger charge is -2.15. The van der Waals surface area contributed by atoms with Crippen molar-refractivity contribution in [1.29, 1.82) is 0 Å². The number of aromatic nitrogens is 1. The molecule has 2 aromatic heterocycles. The van der Waals surface area contributed by atoms with Crippen molar-refractivity contribution in [3.8, 4) is 0 Å². The molecule has 0 amide bonds. The first-order valence-corrected chi connectivity index (χ1v) is 6.14. The van der Waals surface area contributed by atoms with Crippen LogP contribution in [0.25, 0.3) is 11.0 Å². The van der Waals surface area contributed by atoms with E-state index in [0.29, 0.717) is 5.69 Å². The molecule has 0 aliphatic rings. The van der Waals surface area contributed by atoms with Crippen molar-refractivity contribution in [3.63, 3.8) is 0 Å². The molecule has 3 N–H and O–H groups in total. The highest BCUT2D eigenvalue weighted by Gasteiger charge is 2.19. The number of nitrogens with two attached hydrogens (primary N) is 1. The molecule has 19 heavy (non-hydrogen) atoms. The molecular weight excluding hydrogens is 238 g/mol. The number of furan rings is 1. The fourth-order valence-corrected chi connectivity index (χ4v) is 2.25. The number of hydrogen-bond acceptors (Lipinski definition) is 4. The molecule has 0 aliphatic heterocycles. The van der Waals surface area contributed by atoms with E-state index in [0.717, 1.165) is 22.3 Å². The molecule has 96 valence electrons. The van der Waals surface area contributed by atoms with E-state index in [-0.39, 0.29) is 6.04 Å². The van der Waals surface area contributed by atoms with Gasteiger partial charge in [0.05, 0.1) is 6.04 Å². The molecular formula is C15H15N3O. The number of pyridine rings is 1. The Bertz CT molecular complexity index is 672. The van der Waals surface area contributed by atoms with Crippen LogP contribution in [0.15, 0.2) is 53.2 Å². The van der Waals surface area contributed by atoms with Crippen molar-refractivity contribution >= 4 is 16.7 Å². The molecule has 1 aromatic carbocycles. The summed E-state index contributed by atoms with van der Waals surface area (Å²) < 4.78 is 5.88. The summed E-state index contributed by atoms with van der Waals surface area (Å²) in [5.74, 6) is 0.836. The van der Waals surface area contributed by atoms with Crippen LogP contribution in [-0.4, -0.2) is 12.0 Å².